The van der Waals surface area contributed by atoms with Crippen LogP contribution in [0.2, 0.25) is 0 Å². The van der Waals surface area contributed by atoms with E-state index in [1.807, 2.05) is 0 Å². The van der Waals surface area contributed by atoms with Gasteiger partial charge in [-0.2, -0.15) is 0 Å². The van der Waals surface area contributed by atoms with Crippen LogP contribution in [-0.4, -0.2) is 23.9 Å². The van der Waals surface area contributed by atoms with Crippen molar-refractivity contribution in [3.05, 3.63) is 0 Å². The Morgan fingerprint density at radius 3 is 0.333 bits per heavy atom. The maximum Gasteiger partial charge on any atom is 4.00 e. The van der Waals surface area contributed by atoms with Gasteiger partial charge in [-0.25, -0.2) is 0 Å². The van der Waals surface area contributed by atoms with Gasteiger partial charge in [0.05, 0.1) is 0 Å². The number of hydrogen-bond acceptors (Lipinski definition) is 0. The molecule has 0 amide bonds. The fourth-order valence-electron chi connectivity index (χ4n) is 0. The van der Waals surface area contributed by atoms with Gasteiger partial charge < -0.3 is 28.2 Å². The van der Waals surface area contributed by atoms with Gasteiger partial charge in [-0.1, -0.05) is 0 Å². The zero-order valence-electron chi connectivity index (χ0n) is 4.77. The molecule has 0 nitrogen and oxygen atoms in total. The first-order valence-electron chi connectivity index (χ1n) is 0. The van der Waals surface area contributed by atoms with Crippen LogP contribution in [0.5, 0.6) is 0 Å². The Bertz CT molecular complexity index is 11.0. The number of halogens is 6. The van der Waals surface area contributed by atoms with Gasteiger partial charge >= 0.3 is 83.0 Å². The molecule has 0 saturated heterocycles. The summed E-state index contributed by atoms with van der Waals surface area (Å²) in [7, 11) is 0. The molecule has 0 spiro atoms. The second-order valence-electron chi connectivity index (χ2n) is 0. The standard InChI is InChI=1S/6FH.2Na.Sn/h6*1H;;;/q;;;;;;2*+1;+4/p-6. The first-order chi connectivity index (χ1) is 0. The van der Waals surface area contributed by atoms with Gasteiger partial charge in [-0.05, 0) is 0 Å². The average Bonchev–Trinajstić information content (AvgIpc) is 0. The van der Waals surface area contributed by atoms with E-state index in [0.717, 1.165) is 0 Å². The Morgan fingerprint density at radius 2 is 0.333 bits per heavy atom. The molecule has 0 aromatic heterocycles. The van der Waals surface area contributed by atoms with E-state index in [-0.39, 0.29) is 111 Å². The van der Waals surface area contributed by atoms with Crippen molar-refractivity contribution < 1.29 is 87.3 Å². The van der Waals surface area contributed by atoms with Crippen molar-refractivity contribution in [3.8, 4) is 0 Å². The first kappa shape index (κ1) is 217. The summed E-state index contributed by atoms with van der Waals surface area (Å²) < 4.78 is 0. The third kappa shape index (κ3) is 129. The van der Waals surface area contributed by atoms with Crippen molar-refractivity contribution in [2.24, 2.45) is 0 Å². The summed E-state index contributed by atoms with van der Waals surface area (Å²) in [6.07, 6.45) is 0. The van der Waals surface area contributed by atoms with Gasteiger partial charge in [-0.15, -0.1) is 0 Å². The van der Waals surface area contributed by atoms with Crippen LogP contribution in [0.4, 0.5) is 0 Å². The molecule has 0 fully saturated rings. The Balaban J connectivity index is 0. The second-order valence-corrected chi connectivity index (χ2v) is 0. The summed E-state index contributed by atoms with van der Waals surface area (Å²) >= 11 is 0. The minimum absolute atomic E-state index is 0. The van der Waals surface area contributed by atoms with Crippen LogP contribution < -0.4 is 87.3 Å². The molecule has 9 heteroatoms. The zero-order chi connectivity index (χ0) is 0. The van der Waals surface area contributed by atoms with E-state index in [1.54, 1.807) is 0 Å². The summed E-state index contributed by atoms with van der Waals surface area (Å²) in [5, 5.41) is 0. The smallest absolute Gasteiger partial charge is 1.00 e. The van der Waals surface area contributed by atoms with Crippen molar-refractivity contribution in [2.75, 3.05) is 0 Å². The molecule has 0 aliphatic carbocycles. The van der Waals surface area contributed by atoms with Gasteiger partial charge in [0.2, 0.25) is 0 Å². The fraction of sp³-hybridized carbons (Fsp3) is 0. The van der Waals surface area contributed by atoms with Crippen LogP contribution in [0.3, 0.4) is 0 Å². The molecule has 0 atom stereocenters. The molecule has 48 valence electrons. The molecule has 0 unspecified atom stereocenters. The third-order valence-electron chi connectivity index (χ3n) is 0. The SMILES string of the molecule is [F-].[F-].[F-].[F-].[F-].[F-].[Na+].[Na+].[Sn+4]. The van der Waals surface area contributed by atoms with E-state index in [0.29, 0.717) is 0 Å². The van der Waals surface area contributed by atoms with Gasteiger partial charge in [0, 0.05) is 0 Å². The molecule has 0 N–H and O–H groups in total. The maximum atomic E-state index is 0. The minimum atomic E-state index is 0. The summed E-state index contributed by atoms with van der Waals surface area (Å²) in [5.41, 5.74) is 0. The van der Waals surface area contributed by atoms with Gasteiger partial charge in [0.1, 0.15) is 0 Å². The van der Waals surface area contributed by atoms with Crippen LogP contribution in [-0.2, 0) is 0 Å². The van der Waals surface area contributed by atoms with Gasteiger partial charge in [0.15, 0.2) is 0 Å². The van der Waals surface area contributed by atoms with Crippen molar-refractivity contribution in [1.82, 2.24) is 0 Å². The predicted octanol–water partition coefficient (Wildman–Crippen LogP) is -24.3. The van der Waals surface area contributed by atoms with Gasteiger partial charge in [0.25, 0.3) is 0 Å². The Hall–Kier alpha value is 2.38. The molecular weight excluding hydrogens is 279 g/mol. The zero-order valence-corrected chi connectivity index (χ0v) is 11.6. The summed E-state index contributed by atoms with van der Waals surface area (Å²) in [6.45, 7) is 0. The molecule has 0 rings (SSSR count). The molecule has 0 aromatic carbocycles. The van der Waals surface area contributed by atoms with Crippen LogP contribution in [0.15, 0.2) is 0 Å². The Kier molecular flexibility index (Phi) is 3880. The molecule has 0 aromatic rings. The number of hydrogen-bond donors (Lipinski definition) is 0. The van der Waals surface area contributed by atoms with Crippen LogP contribution in [0.25, 0.3) is 0 Å². The number of rotatable bonds is 0. The minimum Gasteiger partial charge on any atom is -1.00 e. The van der Waals surface area contributed by atoms with Crippen LogP contribution in [0.1, 0.15) is 0 Å². The van der Waals surface area contributed by atoms with Crippen LogP contribution in [0, 0.1) is 0 Å². The fourth-order valence-corrected chi connectivity index (χ4v) is 0. The topological polar surface area (TPSA) is 0 Å². The maximum absolute atomic E-state index is 0. The molecule has 0 radical (unpaired) electrons. The van der Waals surface area contributed by atoms with Crippen LogP contribution >= 0.6 is 0 Å². The Morgan fingerprint density at radius 1 is 0.333 bits per heavy atom. The molecule has 0 aliphatic rings. The molecule has 9 heavy (non-hydrogen) atoms. The van der Waals surface area contributed by atoms with Gasteiger partial charge in [-0.3, -0.25) is 0 Å². The van der Waals surface area contributed by atoms with Crippen molar-refractivity contribution in [1.29, 1.82) is 0 Å². The molecule has 0 heterocycles. The quantitative estimate of drug-likeness (QED) is 0.305. The summed E-state index contributed by atoms with van der Waals surface area (Å²) in [4.78, 5) is 0. The normalized spacial score (nSPS) is 0. The third-order valence-corrected chi connectivity index (χ3v) is 0. The molecule has 0 aliphatic heterocycles. The van der Waals surface area contributed by atoms with E-state index in [2.05, 4.69) is 0 Å². The average molecular weight is 279 g/mol. The predicted molar refractivity (Wildman–Crippen MR) is 5.75 cm³/mol. The van der Waals surface area contributed by atoms with Crippen molar-refractivity contribution in [3.63, 3.8) is 0 Å². The second kappa shape index (κ2) is 161. The van der Waals surface area contributed by atoms with E-state index in [4.69, 9.17) is 0 Å². The molecular formula is F6Na2Sn. The van der Waals surface area contributed by atoms with E-state index in [9.17, 15) is 0 Å². The largest absolute Gasteiger partial charge is 4.00 e. The summed E-state index contributed by atoms with van der Waals surface area (Å²) in [6, 6.07) is 0. The molecule has 0 bridgehead atoms. The van der Waals surface area contributed by atoms with E-state index in [1.165, 1.54) is 0 Å². The molecule has 0 saturated carbocycles. The van der Waals surface area contributed by atoms with E-state index >= 15 is 0 Å². The van der Waals surface area contributed by atoms with Crippen molar-refractivity contribution in [2.45, 2.75) is 0 Å². The Labute approximate surface area is 110 Å². The summed E-state index contributed by atoms with van der Waals surface area (Å²) in [5.74, 6) is 0. The first-order valence-corrected chi connectivity index (χ1v) is 0. The van der Waals surface area contributed by atoms with Crippen molar-refractivity contribution >= 4 is 23.9 Å². The van der Waals surface area contributed by atoms with E-state index < -0.39 is 0 Å². The monoisotopic (exact) mass is 280 g/mol.